The van der Waals surface area contributed by atoms with Crippen molar-refractivity contribution < 1.29 is 0 Å². The van der Waals surface area contributed by atoms with Gasteiger partial charge in [-0.05, 0) is 41.9 Å². The zero-order valence-corrected chi connectivity index (χ0v) is 11.1. The quantitative estimate of drug-likeness (QED) is 0.763. The molecule has 0 aliphatic heterocycles. The van der Waals surface area contributed by atoms with Crippen LogP contribution in [0, 0.1) is 24.2 Å². The Morgan fingerprint density at radius 2 is 2.19 bits per heavy atom. The molecular weight excluding hydrogens is 214 g/mol. The Labute approximate surface area is 103 Å². The summed E-state index contributed by atoms with van der Waals surface area (Å²) in [4.78, 5) is 0. The normalized spacial score (nSPS) is 12.1. The van der Waals surface area contributed by atoms with Crippen molar-refractivity contribution in [3.05, 3.63) is 34.9 Å². The van der Waals surface area contributed by atoms with Crippen LogP contribution in [0.2, 0.25) is 0 Å². The van der Waals surface area contributed by atoms with Crippen LogP contribution in [0.25, 0.3) is 0 Å². The van der Waals surface area contributed by atoms with E-state index in [4.69, 9.17) is 5.26 Å². The van der Waals surface area contributed by atoms with Crippen molar-refractivity contribution >= 4 is 11.8 Å². The van der Waals surface area contributed by atoms with Crippen LogP contribution in [-0.2, 0) is 5.75 Å². The number of hydrogen-bond donors (Lipinski definition) is 0. The van der Waals surface area contributed by atoms with Crippen molar-refractivity contribution in [3.8, 4) is 6.07 Å². The summed E-state index contributed by atoms with van der Waals surface area (Å²) < 4.78 is 0. The van der Waals surface area contributed by atoms with Crippen LogP contribution in [-0.4, -0.2) is 5.75 Å². The third kappa shape index (κ3) is 3.90. The fourth-order valence-corrected chi connectivity index (χ4v) is 2.72. The average molecular weight is 233 g/mol. The Kier molecular flexibility index (Phi) is 5.42. The summed E-state index contributed by atoms with van der Waals surface area (Å²) >= 11 is 1.98. The van der Waals surface area contributed by atoms with E-state index in [0.29, 0.717) is 0 Å². The minimum absolute atomic E-state index is 0.758. The fraction of sp³-hybridized carbons (Fsp3) is 0.500. The van der Waals surface area contributed by atoms with E-state index in [-0.39, 0.29) is 0 Å². The molecule has 1 rings (SSSR count). The molecule has 0 saturated carbocycles. The molecule has 16 heavy (non-hydrogen) atoms. The van der Waals surface area contributed by atoms with E-state index in [0.717, 1.165) is 17.2 Å². The molecule has 86 valence electrons. The van der Waals surface area contributed by atoms with Crippen molar-refractivity contribution in [3.63, 3.8) is 0 Å². The second-order valence-corrected chi connectivity index (χ2v) is 5.31. The molecule has 0 aliphatic carbocycles. The lowest BCUT2D eigenvalue weighted by Crippen LogP contribution is -1.96. The van der Waals surface area contributed by atoms with Gasteiger partial charge >= 0.3 is 0 Å². The van der Waals surface area contributed by atoms with E-state index >= 15 is 0 Å². The summed E-state index contributed by atoms with van der Waals surface area (Å²) in [5, 5.41) is 8.78. The largest absolute Gasteiger partial charge is 0.192 e. The number of nitrogens with zero attached hydrogens (tertiary/aromatic N) is 1. The summed E-state index contributed by atoms with van der Waals surface area (Å²) in [5.74, 6) is 3.07. The molecule has 1 aromatic rings. The molecule has 1 atom stereocenters. The minimum atomic E-state index is 0.758. The van der Waals surface area contributed by atoms with E-state index < -0.39 is 0 Å². The number of aryl methyl sites for hydroxylation is 1. The van der Waals surface area contributed by atoms with Crippen molar-refractivity contribution in [2.24, 2.45) is 5.92 Å². The maximum Gasteiger partial charge on any atom is 0.0991 e. The Morgan fingerprint density at radius 3 is 2.75 bits per heavy atom. The van der Waals surface area contributed by atoms with Crippen molar-refractivity contribution in [2.75, 3.05) is 5.75 Å². The number of nitriles is 1. The average Bonchev–Trinajstić information content (AvgIpc) is 2.30. The number of rotatable bonds is 5. The van der Waals surface area contributed by atoms with Gasteiger partial charge in [-0.2, -0.15) is 17.0 Å². The first-order valence-corrected chi connectivity index (χ1v) is 6.90. The van der Waals surface area contributed by atoms with Crippen LogP contribution in [0.3, 0.4) is 0 Å². The third-order valence-corrected chi connectivity index (χ3v) is 4.15. The third-order valence-electron chi connectivity index (χ3n) is 2.83. The van der Waals surface area contributed by atoms with E-state index in [1.807, 2.05) is 23.9 Å². The highest BCUT2D eigenvalue weighted by Crippen LogP contribution is 2.20. The first-order valence-electron chi connectivity index (χ1n) is 5.74. The molecule has 1 nitrogen and oxygen atoms in total. The summed E-state index contributed by atoms with van der Waals surface area (Å²) in [5.41, 5.74) is 3.34. The Balaban J connectivity index is 2.52. The number of thioether (sulfide) groups is 1. The molecule has 0 N–H and O–H groups in total. The molecule has 0 radical (unpaired) electrons. The first kappa shape index (κ1) is 13.1. The molecule has 1 aromatic carbocycles. The van der Waals surface area contributed by atoms with E-state index in [2.05, 4.69) is 32.9 Å². The van der Waals surface area contributed by atoms with Crippen LogP contribution in [0.15, 0.2) is 18.2 Å². The van der Waals surface area contributed by atoms with Crippen molar-refractivity contribution in [1.82, 2.24) is 0 Å². The van der Waals surface area contributed by atoms with Gasteiger partial charge in [-0.3, -0.25) is 0 Å². The van der Waals surface area contributed by atoms with Crippen LogP contribution in [0.4, 0.5) is 0 Å². The highest BCUT2D eigenvalue weighted by molar-refractivity contribution is 7.98. The summed E-state index contributed by atoms with van der Waals surface area (Å²) in [7, 11) is 0. The van der Waals surface area contributed by atoms with Gasteiger partial charge in [-0.15, -0.1) is 0 Å². The monoisotopic (exact) mass is 233 g/mol. The van der Waals surface area contributed by atoms with Gasteiger partial charge in [0.2, 0.25) is 0 Å². The van der Waals surface area contributed by atoms with Gasteiger partial charge in [-0.1, -0.05) is 26.3 Å². The molecule has 2 heteroatoms. The van der Waals surface area contributed by atoms with Gasteiger partial charge in [0.1, 0.15) is 0 Å². The molecule has 0 bridgehead atoms. The maximum absolute atomic E-state index is 8.78. The SMILES string of the molecule is CCC(C)CSCc1ccc(C#N)cc1C. The van der Waals surface area contributed by atoms with Crippen LogP contribution < -0.4 is 0 Å². The smallest absolute Gasteiger partial charge is 0.0991 e. The van der Waals surface area contributed by atoms with E-state index in [9.17, 15) is 0 Å². The van der Waals surface area contributed by atoms with Crippen molar-refractivity contribution in [1.29, 1.82) is 5.26 Å². The van der Waals surface area contributed by atoms with Gasteiger partial charge in [0.15, 0.2) is 0 Å². The predicted octanol–water partition coefficient (Wildman–Crippen LogP) is 4.15. The van der Waals surface area contributed by atoms with Gasteiger partial charge in [0.25, 0.3) is 0 Å². The summed E-state index contributed by atoms with van der Waals surface area (Å²) in [6.45, 7) is 6.61. The van der Waals surface area contributed by atoms with E-state index in [1.165, 1.54) is 23.3 Å². The minimum Gasteiger partial charge on any atom is -0.192 e. The summed E-state index contributed by atoms with van der Waals surface area (Å²) in [6, 6.07) is 8.13. The molecule has 0 amide bonds. The second kappa shape index (κ2) is 6.60. The van der Waals surface area contributed by atoms with E-state index in [1.54, 1.807) is 0 Å². The molecule has 0 aliphatic rings. The fourth-order valence-electron chi connectivity index (χ4n) is 1.42. The zero-order chi connectivity index (χ0) is 12.0. The number of hydrogen-bond acceptors (Lipinski definition) is 2. The second-order valence-electron chi connectivity index (χ2n) is 4.28. The maximum atomic E-state index is 8.78. The molecule has 0 spiro atoms. The van der Waals surface area contributed by atoms with Gasteiger partial charge < -0.3 is 0 Å². The zero-order valence-electron chi connectivity index (χ0n) is 10.3. The summed E-state index contributed by atoms with van der Waals surface area (Å²) in [6.07, 6.45) is 1.25. The molecule has 1 unspecified atom stereocenters. The topological polar surface area (TPSA) is 23.8 Å². The molecule has 0 fully saturated rings. The van der Waals surface area contributed by atoms with Crippen LogP contribution in [0.5, 0.6) is 0 Å². The highest BCUT2D eigenvalue weighted by Gasteiger charge is 2.02. The Morgan fingerprint density at radius 1 is 1.44 bits per heavy atom. The molecular formula is C14H19NS. The molecule has 0 saturated heterocycles. The lowest BCUT2D eigenvalue weighted by molar-refractivity contribution is 0.637. The van der Waals surface area contributed by atoms with Crippen LogP contribution >= 0.6 is 11.8 Å². The molecule has 0 heterocycles. The van der Waals surface area contributed by atoms with Gasteiger partial charge in [-0.25, -0.2) is 0 Å². The van der Waals surface area contributed by atoms with Crippen molar-refractivity contribution in [2.45, 2.75) is 32.9 Å². The first-order chi connectivity index (χ1) is 7.67. The van der Waals surface area contributed by atoms with Crippen LogP contribution in [0.1, 0.15) is 37.0 Å². The standard InChI is InChI=1S/C14H19NS/c1-4-11(2)9-16-10-14-6-5-13(8-15)7-12(14)3/h5-7,11H,4,9-10H2,1-3H3. The highest BCUT2D eigenvalue weighted by atomic mass is 32.2. The Bertz CT molecular complexity index is 379. The number of benzene rings is 1. The molecule has 0 aromatic heterocycles. The predicted molar refractivity (Wildman–Crippen MR) is 71.5 cm³/mol. The lowest BCUT2D eigenvalue weighted by atomic mass is 10.1. The lowest BCUT2D eigenvalue weighted by Gasteiger charge is -2.09. The van der Waals surface area contributed by atoms with Gasteiger partial charge in [0.05, 0.1) is 11.6 Å². The Hall–Kier alpha value is -0.940. The van der Waals surface area contributed by atoms with Gasteiger partial charge in [0, 0.05) is 5.75 Å².